The molecule has 162 valence electrons. The summed E-state index contributed by atoms with van der Waals surface area (Å²) >= 11 is 0. The molecule has 30 heavy (non-hydrogen) atoms. The van der Waals surface area contributed by atoms with Gasteiger partial charge in [0, 0.05) is 42.0 Å². The largest absolute Gasteiger partial charge is 0.354 e. The predicted molar refractivity (Wildman–Crippen MR) is 122 cm³/mol. The Morgan fingerprint density at radius 3 is 2.30 bits per heavy atom. The van der Waals surface area contributed by atoms with Crippen LogP contribution in [0.1, 0.15) is 79.9 Å². The third-order valence-electron chi connectivity index (χ3n) is 5.92. The molecule has 1 amide bonds. The predicted octanol–water partition coefficient (Wildman–Crippen LogP) is 4.27. The highest BCUT2D eigenvalue weighted by Gasteiger charge is 2.27. The highest BCUT2D eigenvalue weighted by molar-refractivity contribution is 5.79. The molecule has 2 heterocycles. The van der Waals surface area contributed by atoms with Gasteiger partial charge in [0.15, 0.2) is 0 Å². The molecule has 0 unspecified atom stereocenters. The van der Waals surface area contributed by atoms with Crippen LogP contribution in [0.25, 0.3) is 0 Å². The number of benzene rings is 1. The van der Waals surface area contributed by atoms with E-state index >= 15 is 0 Å². The maximum Gasteiger partial charge on any atom is 0.224 e. The van der Waals surface area contributed by atoms with Gasteiger partial charge in [-0.3, -0.25) is 9.69 Å². The highest BCUT2D eigenvalue weighted by atomic mass is 16.1. The summed E-state index contributed by atoms with van der Waals surface area (Å²) in [6, 6.07) is 9.15. The fraction of sp³-hybridized carbons (Fsp3) is 0.560. The van der Waals surface area contributed by atoms with Crippen molar-refractivity contribution in [3.05, 3.63) is 58.2 Å². The molecule has 1 saturated heterocycles. The van der Waals surface area contributed by atoms with E-state index in [0.29, 0.717) is 18.3 Å². The van der Waals surface area contributed by atoms with E-state index in [2.05, 4.69) is 48.3 Å². The van der Waals surface area contributed by atoms with Gasteiger partial charge in [-0.2, -0.15) is 0 Å². The molecule has 1 aliphatic heterocycles. The van der Waals surface area contributed by atoms with Crippen molar-refractivity contribution in [1.82, 2.24) is 20.2 Å². The molecule has 1 N–H and O–H groups in total. The number of carbonyl (C=O) groups is 1. The van der Waals surface area contributed by atoms with Crippen LogP contribution in [0.4, 0.5) is 0 Å². The zero-order valence-corrected chi connectivity index (χ0v) is 19.3. The van der Waals surface area contributed by atoms with Crippen molar-refractivity contribution in [2.24, 2.45) is 0 Å². The molecular formula is C25H36N4O. The van der Waals surface area contributed by atoms with Gasteiger partial charge in [0.2, 0.25) is 5.91 Å². The van der Waals surface area contributed by atoms with Crippen molar-refractivity contribution in [2.45, 2.75) is 78.8 Å². The molecule has 5 heteroatoms. The van der Waals surface area contributed by atoms with Crippen LogP contribution in [0.3, 0.4) is 0 Å². The lowest BCUT2D eigenvalue weighted by atomic mass is 10.0. The van der Waals surface area contributed by atoms with Crippen molar-refractivity contribution in [3.63, 3.8) is 0 Å². The first-order chi connectivity index (χ1) is 14.2. The zero-order chi connectivity index (χ0) is 21.8. The summed E-state index contributed by atoms with van der Waals surface area (Å²) in [5, 5.41) is 2.95. The minimum atomic E-state index is 0.0306. The molecule has 0 saturated carbocycles. The minimum absolute atomic E-state index is 0.0306. The number of aromatic nitrogens is 2. The number of hydrogen-bond acceptors (Lipinski definition) is 4. The molecule has 0 spiro atoms. The Morgan fingerprint density at radius 2 is 1.73 bits per heavy atom. The van der Waals surface area contributed by atoms with E-state index < -0.39 is 0 Å². The monoisotopic (exact) mass is 408 g/mol. The molecule has 1 fully saturated rings. The van der Waals surface area contributed by atoms with Crippen LogP contribution >= 0.6 is 0 Å². The van der Waals surface area contributed by atoms with E-state index in [4.69, 9.17) is 9.97 Å². The average Bonchev–Trinajstić information content (AvgIpc) is 3.13. The smallest absolute Gasteiger partial charge is 0.224 e. The quantitative estimate of drug-likeness (QED) is 0.743. The molecule has 1 atom stereocenters. The van der Waals surface area contributed by atoms with Gasteiger partial charge >= 0.3 is 0 Å². The van der Waals surface area contributed by atoms with Crippen LogP contribution in [0.5, 0.6) is 0 Å². The van der Waals surface area contributed by atoms with E-state index in [0.717, 1.165) is 48.8 Å². The number of hydrogen-bond donors (Lipinski definition) is 1. The summed E-state index contributed by atoms with van der Waals surface area (Å²) in [6.07, 6.45) is 1.43. The van der Waals surface area contributed by atoms with Crippen LogP contribution < -0.4 is 5.32 Å². The molecule has 2 aromatic rings. The van der Waals surface area contributed by atoms with E-state index in [1.807, 2.05) is 27.7 Å². The minimum Gasteiger partial charge on any atom is -0.354 e. The van der Waals surface area contributed by atoms with Crippen molar-refractivity contribution in [3.8, 4) is 0 Å². The third kappa shape index (κ3) is 5.66. The second-order valence-electron chi connectivity index (χ2n) is 9.25. The zero-order valence-electron chi connectivity index (χ0n) is 19.3. The van der Waals surface area contributed by atoms with Gasteiger partial charge in [-0.15, -0.1) is 0 Å². The van der Waals surface area contributed by atoms with Crippen molar-refractivity contribution in [1.29, 1.82) is 0 Å². The molecule has 5 nitrogen and oxygen atoms in total. The lowest BCUT2D eigenvalue weighted by Crippen LogP contribution is -2.32. The van der Waals surface area contributed by atoms with Gasteiger partial charge in [-0.05, 0) is 57.7 Å². The van der Waals surface area contributed by atoms with Crippen molar-refractivity contribution >= 4 is 5.91 Å². The number of nitrogens with one attached hydrogen (secondary N) is 1. The maximum atomic E-state index is 12.2. The molecule has 3 rings (SSSR count). The number of aryl methyl sites for hydroxylation is 2. The maximum absolute atomic E-state index is 12.2. The SMILES string of the molecule is Cc1nc([C@H]2CCN(Cc3ccc(C(C)C)cc3)C2)nc(C)c1CC(=O)NC(C)C. The molecule has 1 aliphatic rings. The first-order valence-electron chi connectivity index (χ1n) is 11.2. The number of rotatable bonds is 7. The Hall–Kier alpha value is -2.27. The number of nitrogens with zero attached hydrogens (tertiary/aromatic N) is 3. The summed E-state index contributed by atoms with van der Waals surface area (Å²) in [4.78, 5) is 24.3. The van der Waals surface area contributed by atoms with Crippen LogP contribution in [-0.2, 0) is 17.8 Å². The number of carbonyl (C=O) groups excluding carboxylic acids is 1. The molecule has 1 aromatic heterocycles. The Morgan fingerprint density at radius 1 is 1.10 bits per heavy atom. The van der Waals surface area contributed by atoms with Crippen LogP contribution in [0, 0.1) is 13.8 Å². The van der Waals surface area contributed by atoms with Crippen molar-refractivity contribution in [2.75, 3.05) is 13.1 Å². The summed E-state index contributed by atoms with van der Waals surface area (Å²) in [5.41, 5.74) is 5.56. The standard InChI is InChI=1S/C25H36N4O/c1-16(2)21-9-7-20(8-10-21)14-29-12-11-22(15-29)25-27-18(5)23(19(6)28-25)13-24(30)26-17(3)4/h7-10,16-17,22H,11-15H2,1-6H3,(H,26,30)/t22-/m0/s1. The van der Waals surface area contributed by atoms with E-state index in [1.165, 1.54) is 11.1 Å². The van der Waals surface area contributed by atoms with E-state index in [9.17, 15) is 4.79 Å². The average molecular weight is 409 g/mol. The molecule has 0 bridgehead atoms. The van der Waals surface area contributed by atoms with Gasteiger partial charge < -0.3 is 5.32 Å². The van der Waals surface area contributed by atoms with Gasteiger partial charge in [-0.25, -0.2) is 9.97 Å². The normalized spacial score (nSPS) is 17.1. The molecule has 0 radical (unpaired) electrons. The van der Waals surface area contributed by atoms with Crippen LogP contribution in [-0.4, -0.2) is 39.9 Å². The summed E-state index contributed by atoms with van der Waals surface area (Å²) in [5.74, 6) is 1.88. The van der Waals surface area contributed by atoms with E-state index in [1.54, 1.807) is 0 Å². The molecule has 1 aromatic carbocycles. The first kappa shape index (κ1) is 22.4. The Kier molecular flexibility index (Phi) is 7.24. The fourth-order valence-corrected chi connectivity index (χ4v) is 4.19. The Labute approximate surface area is 181 Å². The molecular weight excluding hydrogens is 372 g/mol. The van der Waals surface area contributed by atoms with Crippen LogP contribution in [0.15, 0.2) is 24.3 Å². The summed E-state index contributed by atoms with van der Waals surface area (Å²) < 4.78 is 0. The Balaban J connectivity index is 1.63. The van der Waals surface area contributed by atoms with Gasteiger partial charge in [0.25, 0.3) is 0 Å². The Bertz CT molecular complexity index is 850. The highest BCUT2D eigenvalue weighted by Crippen LogP contribution is 2.27. The lowest BCUT2D eigenvalue weighted by Gasteiger charge is -2.17. The topological polar surface area (TPSA) is 58.1 Å². The second-order valence-corrected chi connectivity index (χ2v) is 9.25. The first-order valence-corrected chi connectivity index (χ1v) is 11.2. The summed E-state index contributed by atoms with van der Waals surface area (Å²) in [6.45, 7) is 15.4. The van der Waals surface area contributed by atoms with Crippen molar-refractivity contribution < 1.29 is 4.79 Å². The number of amides is 1. The molecule has 0 aliphatic carbocycles. The second kappa shape index (κ2) is 9.69. The van der Waals surface area contributed by atoms with Gasteiger partial charge in [0.1, 0.15) is 5.82 Å². The third-order valence-corrected chi connectivity index (χ3v) is 5.92. The van der Waals surface area contributed by atoms with Crippen LogP contribution in [0.2, 0.25) is 0 Å². The lowest BCUT2D eigenvalue weighted by molar-refractivity contribution is -0.120. The number of likely N-dealkylation sites (tertiary alicyclic amines) is 1. The fourth-order valence-electron chi connectivity index (χ4n) is 4.19. The van der Waals surface area contributed by atoms with Gasteiger partial charge in [0.05, 0.1) is 6.42 Å². The van der Waals surface area contributed by atoms with E-state index in [-0.39, 0.29) is 11.9 Å². The van der Waals surface area contributed by atoms with Gasteiger partial charge in [-0.1, -0.05) is 38.1 Å². The summed E-state index contributed by atoms with van der Waals surface area (Å²) in [7, 11) is 0.